The molecular formula is C12H14F3N3O4. The van der Waals surface area contributed by atoms with Gasteiger partial charge in [-0.05, 0) is 12.1 Å². The third-order valence-corrected chi connectivity index (χ3v) is 2.33. The molecule has 0 radical (unpaired) electrons. The van der Waals surface area contributed by atoms with Crippen LogP contribution in [0.15, 0.2) is 18.3 Å². The molecule has 10 heteroatoms. The van der Waals surface area contributed by atoms with E-state index in [2.05, 4.69) is 15.6 Å². The van der Waals surface area contributed by atoms with Gasteiger partial charge in [0.2, 0.25) is 5.88 Å². The standard InChI is InChI=1S/C12H14F3N3O4/c13-12(14,15)8-2-1-4-16-10(8)22-7-6-18-11(21)17-5-3-9(19)20/h1-2,4H,3,5-7H2,(H,19,20)(H2,17,18,21). The van der Waals surface area contributed by atoms with Gasteiger partial charge in [0.15, 0.2) is 0 Å². The average Bonchev–Trinajstić information content (AvgIpc) is 2.42. The van der Waals surface area contributed by atoms with Crippen molar-refractivity contribution in [2.24, 2.45) is 0 Å². The highest BCUT2D eigenvalue weighted by Crippen LogP contribution is 2.34. The van der Waals surface area contributed by atoms with Crippen molar-refractivity contribution in [3.63, 3.8) is 0 Å². The third kappa shape index (κ3) is 6.29. The Morgan fingerprint density at radius 3 is 2.59 bits per heavy atom. The Balaban J connectivity index is 2.33. The summed E-state index contributed by atoms with van der Waals surface area (Å²) in [5, 5.41) is 12.9. The van der Waals surface area contributed by atoms with Gasteiger partial charge >= 0.3 is 18.2 Å². The van der Waals surface area contributed by atoms with Gasteiger partial charge in [-0.25, -0.2) is 9.78 Å². The van der Waals surface area contributed by atoms with Crippen molar-refractivity contribution in [3.05, 3.63) is 23.9 Å². The van der Waals surface area contributed by atoms with Crippen molar-refractivity contribution in [2.75, 3.05) is 19.7 Å². The lowest BCUT2D eigenvalue weighted by molar-refractivity contribution is -0.139. The van der Waals surface area contributed by atoms with Crippen LogP contribution in [0.25, 0.3) is 0 Å². The van der Waals surface area contributed by atoms with E-state index in [9.17, 15) is 22.8 Å². The van der Waals surface area contributed by atoms with Gasteiger partial charge in [0, 0.05) is 12.7 Å². The van der Waals surface area contributed by atoms with E-state index in [0.717, 1.165) is 18.3 Å². The van der Waals surface area contributed by atoms with E-state index in [1.54, 1.807) is 0 Å². The molecule has 0 aliphatic heterocycles. The van der Waals surface area contributed by atoms with E-state index < -0.39 is 29.6 Å². The summed E-state index contributed by atoms with van der Waals surface area (Å²) in [4.78, 5) is 24.9. The Kier molecular flexibility index (Phi) is 6.42. The number of alkyl halides is 3. The van der Waals surface area contributed by atoms with Crippen LogP contribution in [0.2, 0.25) is 0 Å². The molecule has 0 aliphatic carbocycles. The summed E-state index contributed by atoms with van der Waals surface area (Å²) in [5.74, 6) is -1.62. The first-order chi connectivity index (χ1) is 10.3. The second-order valence-corrected chi connectivity index (χ2v) is 4.03. The highest BCUT2D eigenvalue weighted by molar-refractivity contribution is 5.74. The molecular weight excluding hydrogens is 307 g/mol. The fourth-order valence-corrected chi connectivity index (χ4v) is 1.38. The predicted octanol–water partition coefficient (Wildman–Crippen LogP) is 1.25. The topological polar surface area (TPSA) is 101 Å². The first kappa shape index (κ1) is 17.5. The van der Waals surface area contributed by atoms with Crippen molar-refractivity contribution in [3.8, 4) is 5.88 Å². The van der Waals surface area contributed by atoms with Crippen LogP contribution < -0.4 is 15.4 Å². The minimum absolute atomic E-state index is 0.0551. The lowest BCUT2D eigenvalue weighted by atomic mass is 10.2. The molecule has 1 heterocycles. The van der Waals surface area contributed by atoms with E-state index in [-0.39, 0.29) is 26.1 Å². The first-order valence-corrected chi connectivity index (χ1v) is 6.19. The maximum absolute atomic E-state index is 12.6. The number of halogens is 3. The number of pyridine rings is 1. The second-order valence-electron chi connectivity index (χ2n) is 4.03. The van der Waals surface area contributed by atoms with Crippen molar-refractivity contribution < 1.29 is 32.6 Å². The first-order valence-electron chi connectivity index (χ1n) is 6.19. The summed E-state index contributed by atoms with van der Waals surface area (Å²) in [6.45, 7) is -0.334. The molecule has 0 fully saturated rings. The molecule has 0 saturated carbocycles. The van der Waals surface area contributed by atoms with Crippen LogP contribution in [-0.2, 0) is 11.0 Å². The van der Waals surface area contributed by atoms with Gasteiger partial charge in [-0.3, -0.25) is 4.79 Å². The molecule has 7 nitrogen and oxygen atoms in total. The second kappa shape index (κ2) is 8.05. The summed E-state index contributed by atoms with van der Waals surface area (Å²) in [7, 11) is 0. The lowest BCUT2D eigenvalue weighted by Gasteiger charge is -2.12. The van der Waals surface area contributed by atoms with Gasteiger partial charge in [0.1, 0.15) is 12.2 Å². The Morgan fingerprint density at radius 2 is 1.95 bits per heavy atom. The number of aromatic nitrogens is 1. The number of urea groups is 1. The van der Waals surface area contributed by atoms with Gasteiger partial charge in [0.05, 0.1) is 13.0 Å². The molecule has 1 aromatic heterocycles. The number of carbonyl (C=O) groups excluding carboxylic acids is 1. The smallest absolute Gasteiger partial charge is 0.421 e. The molecule has 0 unspecified atom stereocenters. The van der Waals surface area contributed by atoms with Crippen LogP contribution in [-0.4, -0.2) is 41.8 Å². The SMILES string of the molecule is O=C(O)CCNC(=O)NCCOc1ncccc1C(F)(F)F. The lowest BCUT2D eigenvalue weighted by Crippen LogP contribution is -2.38. The zero-order valence-electron chi connectivity index (χ0n) is 11.3. The number of hydrogen-bond donors (Lipinski definition) is 3. The van der Waals surface area contributed by atoms with Crippen LogP contribution in [0.3, 0.4) is 0 Å². The Labute approximate surface area is 123 Å². The summed E-state index contributed by atoms with van der Waals surface area (Å²) >= 11 is 0. The van der Waals surface area contributed by atoms with Crippen LogP contribution in [0, 0.1) is 0 Å². The number of nitrogens with zero attached hydrogens (tertiary/aromatic N) is 1. The highest BCUT2D eigenvalue weighted by Gasteiger charge is 2.34. The fourth-order valence-electron chi connectivity index (χ4n) is 1.38. The average molecular weight is 321 g/mol. The van der Waals surface area contributed by atoms with E-state index >= 15 is 0 Å². The fraction of sp³-hybridized carbons (Fsp3) is 0.417. The zero-order valence-corrected chi connectivity index (χ0v) is 11.3. The van der Waals surface area contributed by atoms with Gasteiger partial charge in [-0.1, -0.05) is 0 Å². The van der Waals surface area contributed by atoms with E-state index in [0.29, 0.717) is 0 Å². The van der Waals surface area contributed by atoms with E-state index in [4.69, 9.17) is 9.84 Å². The normalized spacial score (nSPS) is 10.9. The Hall–Kier alpha value is -2.52. The van der Waals surface area contributed by atoms with Crippen LogP contribution in [0.5, 0.6) is 5.88 Å². The number of rotatable bonds is 7. The van der Waals surface area contributed by atoms with Gasteiger partial charge in [-0.15, -0.1) is 0 Å². The number of carboxylic acids is 1. The van der Waals surface area contributed by atoms with Crippen LogP contribution in [0.4, 0.5) is 18.0 Å². The molecule has 0 spiro atoms. The molecule has 122 valence electrons. The highest BCUT2D eigenvalue weighted by atomic mass is 19.4. The summed E-state index contributed by atoms with van der Waals surface area (Å²) < 4.78 is 42.8. The zero-order chi connectivity index (χ0) is 16.6. The Morgan fingerprint density at radius 1 is 1.27 bits per heavy atom. The number of aliphatic carboxylic acids is 1. The minimum atomic E-state index is -4.58. The quantitative estimate of drug-likeness (QED) is 0.656. The summed E-state index contributed by atoms with van der Waals surface area (Å²) in [5.41, 5.74) is -0.999. The number of nitrogens with one attached hydrogen (secondary N) is 2. The van der Waals surface area contributed by atoms with Gasteiger partial charge in [0.25, 0.3) is 0 Å². The number of carbonyl (C=O) groups is 2. The number of amides is 2. The molecule has 1 aromatic rings. The molecule has 0 aliphatic rings. The van der Waals surface area contributed by atoms with Crippen LogP contribution >= 0.6 is 0 Å². The molecule has 22 heavy (non-hydrogen) atoms. The molecule has 3 N–H and O–H groups in total. The number of carboxylic acid groups (broad SMARTS) is 1. The maximum Gasteiger partial charge on any atom is 0.421 e. The monoisotopic (exact) mass is 321 g/mol. The number of ether oxygens (including phenoxy) is 1. The maximum atomic E-state index is 12.6. The predicted molar refractivity (Wildman–Crippen MR) is 68.4 cm³/mol. The molecule has 0 atom stereocenters. The van der Waals surface area contributed by atoms with Crippen molar-refractivity contribution in [1.82, 2.24) is 15.6 Å². The van der Waals surface area contributed by atoms with Crippen LogP contribution in [0.1, 0.15) is 12.0 Å². The molecule has 0 aromatic carbocycles. The largest absolute Gasteiger partial charge is 0.481 e. The van der Waals surface area contributed by atoms with E-state index in [1.165, 1.54) is 0 Å². The van der Waals surface area contributed by atoms with Gasteiger partial charge in [-0.2, -0.15) is 13.2 Å². The van der Waals surface area contributed by atoms with Crippen molar-refractivity contribution in [1.29, 1.82) is 0 Å². The third-order valence-electron chi connectivity index (χ3n) is 2.33. The van der Waals surface area contributed by atoms with Crippen molar-refractivity contribution >= 4 is 12.0 Å². The molecule has 1 rings (SSSR count). The molecule has 0 saturated heterocycles. The Bertz CT molecular complexity index is 523. The summed E-state index contributed by atoms with van der Waals surface area (Å²) in [6, 6.07) is 1.35. The number of hydrogen-bond acceptors (Lipinski definition) is 4. The van der Waals surface area contributed by atoms with E-state index in [1.807, 2.05) is 0 Å². The van der Waals surface area contributed by atoms with Gasteiger partial charge < -0.3 is 20.5 Å². The molecule has 2 amide bonds. The van der Waals surface area contributed by atoms with Crippen molar-refractivity contribution in [2.45, 2.75) is 12.6 Å². The minimum Gasteiger partial charge on any atom is -0.481 e. The molecule has 0 bridgehead atoms. The summed E-state index contributed by atoms with van der Waals surface area (Å²) in [6.07, 6.45) is -3.64.